The SMILES string of the molecule is CNC1CCN(C(=O)c2cnn(-c3ccc(C)cc3)c2C(C)C)CC1.Cl. The molecule has 0 radical (unpaired) electrons. The molecule has 3 rings (SSSR count). The Morgan fingerprint density at radius 3 is 2.35 bits per heavy atom. The van der Waals surface area contributed by atoms with Gasteiger partial charge in [0, 0.05) is 19.1 Å². The molecule has 0 aliphatic carbocycles. The number of likely N-dealkylation sites (tertiary alicyclic amines) is 1. The summed E-state index contributed by atoms with van der Waals surface area (Å²) in [6.07, 6.45) is 3.75. The average Bonchev–Trinajstić information content (AvgIpc) is 3.07. The van der Waals surface area contributed by atoms with Crippen LogP contribution in [-0.4, -0.2) is 46.8 Å². The molecular weight excluding hydrogens is 348 g/mol. The van der Waals surface area contributed by atoms with Crippen LogP contribution in [0.3, 0.4) is 0 Å². The second kappa shape index (κ2) is 8.69. The predicted molar refractivity (Wildman–Crippen MR) is 108 cm³/mol. The van der Waals surface area contributed by atoms with Gasteiger partial charge in [-0.2, -0.15) is 5.10 Å². The summed E-state index contributed by atoms with van der Waals surface area (Å²) in [6.45, 7) is 7.91. The maximum Gasteiger partial charge on any atom is 0.257 e. The van der Waals surface area contributed by atoms with E-state index in [2.05, 4.69) is 55.5 Å². The third kappa shape index (κ3) is 4.10. The van der Waals surface area contributed by atoms with Gasteiger partial charge in [-0.25, -0.2) is 4.68 Å². The van der Waals surface area contributed by atoms with Crippen LogP contribution in [0, 0.1) is 6.92 Å². The summed E-state index contributed by atoms with van der Waals surface area (Å²) in [7, 11) is 1.99. The Hall–Kier alpha value is -1.85. The van der Waals surface area contributed by atoms with E-state index in [1.165, 1.54) is 5.56 Å². The van der Waals surface area contributed by atoms with Crippen LogP contribution in [0.25, 0.3) is 5.69 Å². The largest absolute Gasteiger partial charge is 0.338 e. The molecule has 1 aliphatic heterocycles. The fraction of sp³-hybridized carbons (Fsp3) is 0.500. The second-order valence-corrected chi connectivity index (χ2v) is 7.20. The third-order valence-corrected chi connectivity index (χ3v) is 5.05. The molecule has 0 saturated carbocycles. The first-order valence-electron chi connectivity index (χ1n) is 9.12. The number of aromatic nitrogens is 2. The minimum Gasteiger partial charge on any atom is -0.338 e. The highest BCUT2D eigenvalue weighted by Gasteiger charge is 2.27. The van der Waals surface area contributed by atoms with E-state index in [1.54, 1.807) is 6.20 Å². The second-order valence-electron chi connectivity index (χ2n) is 7.20. The van der Waals surface area contributed by atoms with E-state index >= 15 is 0 Å². The molecule has 0 spiro atoms. The fourth-order valence-electron chi connectivity index (χ4n) is 3.51. The number of piperidine rings is 1. The number of carbonyl (C=O) groups is 1. The summed E-state index contributed by atoms with van der Waals surface area (Å²) in [5, 5.41) is 7.85. The summed E-state index contributed by atoms with van der Waals surface area (Å²) in [4.78, 5) is 15.0. The first kappa shape index (κ1) is 20.5. The monoisotopic (exact) mass is 376 g/mol. The number of hydrogen-bond acceptors (Lipinski definition) is 3. The molecule has 1 N–H and O–H groups in total. The van der Waals surface area contributed by atoms with Crippen LogP contribution in [0.4, 0.5) is 0 Å². The van der Waals surface area contributed by atoms with Gasteiger partial charge in [-0.1, -0.05) is 31.5 Å². The fourth-order valence-corrected chi connectivity index (χ4v) is 3.51. The number of nitrogens with zero attached hydrogens (tertiary/aromatic N) is 3. The highest BCUT2D eigenvalue weighted by atomic mass is 35.5. The van der Waals surface area contributed by atoms with Crippen molar-refractivity contribution in [2.75, 3.05) is 20.1 Å². The number of hydrogen-bond donors (Lipinski definition) is 1. The van der Waals surface area contributed by atoms with E-state index in [4.69, 9.17) is 0 Å². The quantitative estimate of drug-likeness (QED) is 0.887. The number of carbonyl (C=O) groups excluding carboxylic acids is 1. The van der Waals surface area contributed by atoms with Gasteiger partial charge in [0.25, 0.3) is 5.91 Å². The van der Waals surface area contributed by atoms with Gasteiger partial charge in [-0.15, -0.1) is 12.4 Å². The number of aryl methyl sites for hydroxylation is 1. The molecule has 5 nitrogen and oxygen atoms in total. The lowest BCUT2D eigenvalue weighted by atomic mass is 10.0. The Labute approximate surface area is 162 Å². The highest BCUT2D eigenvalue weighted by Crippen LogP contribution is 2.25. The standard InChI is InChI=1S/C20H28N4O.ClH/c1-14(2)19-18(20(25)23-11-9-16(21-4)10-12-23)13-22-24(19)17-7-5-15(3)6-8-17;/h5-8,13-14,16,21H,9-12H2,1-4H3;1H. The lowest BCUT2D eigenvalue weighted by Gasteiger charge is -2.32. The summed E-state index contributed by atoms with van der Waals surface area (Å²) in [5.74, 6) is 0.328. The zero-order valence-corrected chi connectivity index (χ0v) is 16.8. The molecule has 2 heterocycles. The van der Waals surface area contributed by atoms with Crippen LogP contribution < -0.4 is 5.32 Å². The van der Waals surface area contributed by atoms with Gasteiger partial charge in [-0.3, -0.25) is 4.79 Å². The lowest BCUT2D eigenvalue weighted by molar-refractivity contribution is 0.0705. The van der Waals surface area contributed by atoms with Crippen LogP contribution in [0.1, 0.15) is 54.2 Å². The molecule has 0 bridgehead atoms. The van der Waals surface area contributed by atoms with Crippen LogP contribution in [0.5, 0.6) is 0 Å². The van der Waals surface area contributed by atoms with Gasteiger partial charge >= 0.3 is 0 Å². The normalized spacial score (nSPS) is 15.2. The molecule has 1 aromatic heterocycles. The van der Waals surface area contributed by atoms with Crippen LogP contribution >= 0.6 is 12.4 Å². The van der Waals surface area contributed by atoms with Crippen molar-refractivity contribution in [3.05, 3.63) is 47.3 Å². The molecule has 0 unspecified atom stereocenters. The number of nitrogens with one attached hydrogen (secondary N) is 1. The van der Waals surface area contributed by atoms with Gasteiger partial charge in [0.1, 0.15) is 0 Å². The molecule has 2 aromatic rings. The number of benzene rings is 1. The topological polar surface area (TPSA) is 50.2 Å². The Morgan fingerprint density at radius 2 is 1.81 bits per heavy atom. The molecule has 1 aliphatic rings. The van der Waals surface area contributed by atoms with E-state index < -0.39 is 0 Å². The van der Waals surface area contributed by atoms with Crippen molar-refractivity contribution in [3.8, 4) is 5.69 Å². The van der Waals surface area contributed by atoms with Crippen molar-refractivity contribution in [1.29, 1.82) is 0 Å². The van der Waals surface area contributed by atoms with Gasteiger partial charge in [0.15, 0.2) is 0 Å². The Morgan fingerprint density at radius 1 is 1.19 bits per heavy atom. The lowest BCUT2D eigenvalue weighted by Crippen LogP contribution is -2.44. The predicted octanol–water partition coefficient (Wildman–Crippen LogP) is 3.55. The van der Waals surface area contributed by atoms with Crippen LogP contribution in [0.15, 0.2) is 30.5 Å². The summed E-state index contributed by atoms with van der Waals surface area (Å²) in [6, 6.07) is 8.78. The van der Waals surface area contributed by atoms with Crippen molar-refractivity contribution in [1.82, 2.24) is 20.0 Å². The average molecular weight is 377 g/mol. The minimum absolute atomic E-state index is 0. The maximum absolute atomic E-state index is 13.1. The number of rotatable bonds is 4. The van der Waals surface area contributed by atoms with Crippen LogP contribution in [-0.2, 0) is 0 Å². The van der Waals surface area contributed by atoms with Gasteiger partial charge in [0.05, 0.1) is 23.1 Å². The molecule has 1 aromatic carbocycles. The van der Waals surface area contributed by atoms with Gasteiger partial charge in [0.2, 0.25) is 0 Å². The Bertz CT molecular complexity index is 731. The van der Waals surface area contributed by atoms with E-state index in [9.17, 15) is 4.79 Å². The summed E-state index contributed by atoms with van der Waals surface area (Å²) >= 11 is 0. The maximum atomic E-state index is 13.1. The van der Waals surface area contributed by atoms with E-state index in [0.717, 1.165) is 42.9 Å². The van der Waals surface area contributed by atoms with Gasteiger partial charge in [-0.05, 0) is 44.9 Å². The summed E-state index contributed by atoms with van der Waals surface area (Å²) < 4.78 is 1.91. The van der Waals surface area contributed by atoms with E-state index in [-0.39, 0.29) is 24.2 Å². The molecule has 6 heteroatoms. The van der Waals surface area contributed by atoms with Crippen molar-refractivity contribution >= 4 is 18.3 Å². The first-order valence-corrected chi connectivity index (χ1v) is 9.12. The molecule has 26 heavy (non-hydrogen) atoms. The molecule has 0 atom stereocenters. The Kier molecular flexibility index (Phi) is 6.84. The van der Waals surface area contributed by atoms with Crippen molar-refractivity contribution in [2.24, 2.45) is 0 Å². The number of amides is 1. The third-order valence-electron chi connectivity index (χ3n) is 5.05. The minimum atomic E-state index is 0. The molecule has 1 saturated heterocycles. The highest BCUT2D eigenvalue weighted by molar-refractivity contribution is 5.95. The van der Waals surface area contributed by atoms with Crippen LogP contribution in [0.2, 0.25) is 0 Å². The smallest absolute Gasteiger partial charge is 0.257 e. The van der Waals surface area contributed by atoms with E-state index in [1.807, 2.05) is 16.6 Å². The molecular formula is C20H29ClN4O. The molecule has 1 amide bonds. The van der Waals surface area contributed by atoms with Crippen molar-refractivity contribution in [3.63, 3.8) is 0 Å². The van der Waals surface area contributed by atoms with E-state index in [0.29, 0.717) is 6.04 Å². The zero-order chi connectivity index (χ0) is 18.0. The number of halogens is 1. The zero-order valence-electron chi connectivity index (χ0n) is 16.0. The van der Waals surface area contributed by atoms with Crippen molar-refractivity contribution < 1.29 is 4.79 Å². The van der Waals surface area contributed by atoms with Crippen molar-refractivity contribution in [2.45, 2.75) is 45.6 Å². The Balaban J connectivity index is 0.00000243. The summed E-state index contributed by atoms with van der Waals surface area (Å²) in [5.41, 5.74) is 3.94. The molecule has 142 valence electrons. The first-order chi connectivity index (χ1) is 12.0. The van der Waals surface area contributed by atoms with Gasteiger partial charge < -0.3 is 10.2 Å². The molecule has 1 fully saturated rings.